The zero-order valence-corrected chi connectivity index (χ0v) is 17.8. The third-order valence-electron chi connectivity index (χ3n) is 5.11. The highest BCUT2D eigenvalue weighted by molar-refractivity contribution is 5.76. The number of carbonyl (C=O) groups is 1. The Morgan fingerprint density at radius 1 is 1.26 bits per heavy atom. The molecule has 0 saturated carbocycles. The van der Waals surface area contributed by atoms with Gasteiger partial charge in [-0.15, -0.1) is 0 Å². The second-order valence-corrected chi connectivity index (χ2v) is 8.98. The molecule has 0 unspecified atom stereocenters. The van der Waals surface area contributed by atoms with Crippen LogP contribution in [-0.4, -0.2) is 25.5 Å². The Morgan fingerprint density at radius 3 is 2.48 bits per heavy atom. The Labute approximate surface area is 163 Å². The molecule has 0 N–H and O–H groups in total. The summed E-state index contributed by atoms with van der Waals surface area (Å²) in [4.78, 5) is 12.3. The summed E-state index contributed by atoms with van der Waals surface area (Å²) in [7, 11) is 0. The van der Waals surface area contributed by atoms with Crippen LogP contribution in [-0.2, 0) is 25.6 Å². The van der Waals surface area contributed by atoms with Crippen molar-refractivity contribution in [2.75, 3.05) is 13.2 Å². The Morgan fingerprint density at radius 2 is 1.89 bits per heavy atom. The van der Waals surface area contributed by atoms with E-state index >= 15 is 0 Å². The quantitative estimate of drug-likeness (QED) is 0.642. The lowest BCUT2D eigenvalue weighted by atomic mass is 9.90. The predicted molar refractivity (Wildman–Crippen MR) is 108 cm³/mol. The van der Waals surface area contributed by atoms with E-state index in [4.69, 9.17) is 14.2 Å². The lowest BCUT2D eigenvalue weighted by Gasteiger charge is -2.33. The van der Waals surface area contributed by atoms with Crippen molar-refractivity contribution in [1.82, 2.24) is 0 Å². The fraction of sp³-hybridized carbons (Fsp3) is 0.609. The summed E-state index contributed by atoms with van der Waals surface area (Å²) in [5, 5.41) is 0. The van der Waals surface area contributed by atoms with Gasteiger partial charge in [-0.3, -0.25) is 4.79 Å². The van der Waals surface area contributed by atoms with Crippen LogP contribution in [0.4, 0.5) is 0 Å². The number of hydrogen-bond donors (Lipinski definition) is 0. The van der Waals surface area contributed by atoms with Gasteiger partial charge in [-0.05, 0) is 56.9 Å². The van der Waals surface area contributed by atoms with Gasteiger partial charge in [0.05, 0.1) is 18.6 Å². The number of hydrogen-bond acceptors (Lipinski definition) is 4. The average molecular weight is 375 g/mol. The second-order valence-electron chi connectivity index (χ2n) is 8.98. The number of ether oxygens (including phenoxy) is 3. The topological polar surface area (TPSA) is 44.8 Å². The molecule has 1 heterocycles. The first-order valence-corrected chi connectivity index (χ1v) is 9.73. The van der Waals surface area contributed by atoms with Crippen molar-refractivity contribution in [3.05, 3.63) is 40.5 Å². The monoisotopic (exact) mass is 374 g/mol. The summed E-state index contributed by atoms with van der Waals surface area (Å²) < 4.78 is 17.2. The maximum Gasteiger partial charge on any atom is 0.311 e. The summed E-state index contributed by atoms with van der Waals surface area (Å²) in [5.74, 6) is -0.166. The molecule has 2 rings (SSSR count). The summed E-state index contributed by atoms with van der Waals surface area (Å²) in [5.41, 5.74) is 3.93. The van der Waals surface area contributed by atoms with E-state index in [-0.39, 0.29) is 24.3 Å². The van der Waals surface area contributed by atoms with Gasteiger partial charge in [-0.2, -0.15) is 0 Å². The molecule has 0 bridgehead atoms. The SMILES string of the molecule is CCC(C)(C)C(=O)OCc1cc(C)cc(C)c1C=CC1OCC(C)(C)CO1. The molecule has 1 saturated heterocycles. The molecule has 4 nitrogen and oxygen atoms in total. The smallest absolute Gasteiger partial charge is 0.311 e. The normalized spacial score (nSPS) is 18.0. The van der Waals surface area contributed by atoms with E-state index in [1.807, 2.05) is 32.9 Å². The van der Waals surface area contributed by atoms with Crippen molar-refractivity contribution in [2.24, 2.45) is 10.8 Å². The van der Waals surface area contributed by atoms with E-state index in [1.54, 1.807) is 0 Å². The largest absolute Gasteiger partial charge is 0.460 e. The first-order valence-electron chi connectivity index (χ1n) is 9.73. The van der Waals surface area contributed by atoms with Gasteiger partial charge in [0.2, 0.25) is 0 Å². The lowest BCUT2D eigenvalue weighted by Crippen LogP contribution is -2.36. The summed E-state index contributed by atoms with van der Waals surface area (Å²) in [6.45, 7) is 15.8. The highest BCUT2D eigenvalue weighted by Crippen LogP contribution is 2.26. The van der Waals surface area contributed by atoms with Crippen LogP contribution >= 0.6 is 0 Å². The predicted octanol–water partition coefficient (Wildman–Crippen LogP) is 5.20. The molecule has 1 aromatic rings. The van der Waals surface area contributed by atoms with Crippen LogP contribution in [0, 0.1) is 24.7 Å². The molecule has 0 spiro atoms. The average Bonchev–Trinajstić information content (AvgIpc) is 2.59. The van der Waals surface area contributed by atoms with Crippen LogP contribution in [0.15, 0.2) is 18.2 Å². The van der Waals surface area contributed by atoms with Gasteiger partial charge >= 0.3 is 5.97 Å². The molecule has 1 aliphatic heterocycles. The molecule has 0 radical (unpaired) electrons. The van der Waals surface area contributed by atoms with Gasteiger partial charge in [-0.1, -0.05) is 44.5 Å². The number of esters is 1. The third-order valence-corrected chi connectivity index (χ3v) is 5.11. The summed E-state index contributed by atoms with van der Waals surface area (Å²) in [6.07, 6.45) is 4.37. The van der Waals surface area contributed by atoms with Gasteiger partial charge in [-0.25, -0.2) is 0 Å². The second kappa shape index (κ2) is 8.57. The van der Waals surface area contributed by atoms with Crippen molar-refractivity contribution < 1.29 is 19.0 Å². The van der Waals surface area contributed by atoms with E-state index in [0.717, 1.165) is 28.7 Å². The minimum atomic E-state index is -0.467. The van der Waals surface area contributed by atoms with E-state index in [1.165, 1.54) is 0 Å². The molecular weight excluding hydrogens is 340 g/mol. The van der Waals surface area contributed by atoms with Crippen molar-refractivity contribution >= 4 is 12.0 Å². The molecule has 1 aromatic carbocycles. The Balaban J connectivity index is 2.14. The molecule has 0 atom stereocenters. The van der Waals surface area contributed by atoms with Gasteiger partial charge in [0.1, 0.15) is 6.61 Å². The minimum absolute atomic E-state index is 0.0511. The zero-order valence-electron chi connectivity index (χ0n) is 17.8. The van der Waals surface area contributed by atoms with Gasteiger partial charge in [0, 0.05) is 5.41 Å². The van der Waals surface area contributed by atoms with E-state index in [0.29, 0.717) is 13.2 Å². The maximum absolute atomic E-state index is 12.3. The van der Waals surface area contributed by atoms with Crippen LogP contribution < -0.4 is 0 Å². The standard InChI is InChI=1S/C23H34O4/c1-8-23(6,7)21(24)25-13-18-12-16(2)11-17(3)19(18)9-10-20-26-14-22(4,5)15-27-20/h9-12,20H,8,13-15H2,1-7H3. The molecule has 0 aromatic heterocycles. The first kappa shape index (κ1) is 21.6. The number of carbonyl (C=O) groups excluding carboxylic acids is 1. The molecule has 150 valence electrons. The van der Waals surface area contributed by atoms with Crippen LogP contribution in [0.1, 0.15) is 63.3 Å². The molecule has 4 heteroatoms. The van der Waals surface area contributed by atoms with Gasteiger partial charge in [0.15, 0.2) is 6.29 Å². The molecule has 27 heavy (non-hydrogen) atoms. The van der Waals surface area contributed by atoms with Crippen molar-refractivity contribution in [3.8, 4) is 0 Å². The Hall–Kier alpha value is -1.65. The van der Waals surface area contributed by atoms with Gasteiger partial charge in [0.25, 0.3) is 0 Å². The van der Waals surface area contributed by atoms with E-state index < -0.39 is 5.41 Å². The molecule has 1 fully saturated rings. The number of aryl methyl sites for hydroxylation is 2. The van der Waals surface area contributed by atoms with Gasteiger partial charge < -0.3 is 14.2 Å². The summed E-state index contributed by atoms with van der Waals surface area (Å²) in [6, 6.07) is 4.21. The third kappa shape index (κ3) is 5.91. The van der Waals surface area contributed by atoms with Crippen LogP contribution in [0.2, 0.25) is 0 Å². The molecular formula is C23H34O4. The van der Waals surface area contributed by atoms with Crippen molar-refractivity contribution in [2.45, 2.75) is 67.8 Å². The molecule has 0 amide bonds. The Bertz CT molecular complexity index is 691. The van der Waals surface area contributed by atoms with Crippen LogP contribution in [0.3, 0.4) is 0 Å². The fourth-order valence-corrected chi connectivity index (χ4v) is 2.90. The Kier molecular flexibility index (Phi) is 6.87. The van der Waals surface area contributed by atoms with E-state index in [2.05, 4.69) is 39.8 Å². The highest BCUT2D eigenvalue weighted by Gasteiger charge is 2.28. The number of benzene rings is 1. The highest BCUT2D eigenvalue weighted by atomic mass is 16.7. The fourth-order valence-electron chi connectivity index (χ4n) is 2.90. The van der Waals surface area contributed by atoms with Crippen LogP contribution in [0.25, 0.3) is 6.08 Å². The first-order chi connectivity index (χ1) is 12.5. The van der Waals surface area contributed by atoms with E-state index in [9.17, 15) is 4.79 Å². The summed E-state index contributed by atoms with van der Waals surface area (Å²) >= 11 is 0. The van der Waals surface area contributed by atoms with Crippen molar-refractivity contribution in [1.29, 1.82) is 0 Å². The molecule has 0 aliphatic carbocycles. The lowest BCUT2D eigenvalue weighted by molar-refractivity contribution is -0.197. The maximum atomic E-state index is 12.3. The van der Waals surface area contributed by atoms with Crippen molar-refractivity contribution in [3.63, 3.8) is 0 Å². The zero-order chi connectivity index (χ0) is 20.2. The number of rotatable bonds is 6. The van der Waals surface area contributed by atoms with Crippen LogP contribution in [0.5, 0.6) is 0 Å². The minimum Gasteiger partial charge on any atom is -0.460 e. The molecule has 1 aliphatic rings.